The number of benzene rings is 1. The van der Waals surface area contributed by atoms with Crippen molar-refractivity contribution in [3.8, 4) is 0 Å². The Bertz CT molecular complexity index is 743. The number of rotatable bonds is 4. The molecule has 0 saturated heterocycles. The largest absolute Gasteiger partial charge is 0.351 e. The molecule has 2 aromatic rings. The van der Waals surface area contributed by atoms with Crippen LogP contribution in [0.1, 0.15) is 41.6 Å². The molecule has 1 aromatic carbocycles. The number of aryl methyl sites for hydroxylation is 1. The predicted molar refractivity (Wildman–Crippen MR) is 90.6 cm³/mol. The van der Waals surface area contributed by atoms with Gasteiger partial charge in [0.15, 0.2) is 0 Å². The molecule has 4 heteroatoms. The van der Waals surface area contributed by atoms with Crippen molar-refractivity contribution >= 4 is 5.91 Å². The molecule has 4 nitrogen and oxygen atoms in total. The second-order valence-electron chi connectivity index (χ2n) is 6.40. The van der Waals surface area contributed by atoms with Crippen molar-refractivity contribution in [2.24, 2.45) is 7.05 Å². The third-order valence-electron chi connectivity index (χ3n) is 4.90. The van der Waals surface area contributed by atoms with Gasteiger partial charge in [0.05, 0.1) is 0 Å². The molecule has 0 radical (unpaired) electrons. The molecular formula is C19H22N2O2. The van der Waals surface area contributed by atoms with E-state index < -0.39 is 0 Å². The van der Waals surface area contributed by atoms with Gasteiger partial charge in [-0.3, -0.25) is 9.59 Å². The molecule has 1 amide bonds. The van der Waals surface area contributed by atoms with Gasteiger partial charge in [0, 0.05) is 36.8 Å². The standard InChI is InChI=1S/C19H22N2O2/c1-21-12-9-15(13-17(21)22)18(23)20-14-19(10-5-6-11-19)16-7-3-2-4-8-16/h2-4,7-9,12-13H,5-6,10-11,14H2,1H3,(H,20,23). The van der Waals surface area contributed by atoms with E-state index in [4.69, 9.17) is 0 Å². The summed E-state index contributed by atoms with van der Waals surface area (Å²) in [6.45, 7) is 0.616. The lowest BCUT2D eigenvalue weighted by Gasteiger charge is -2.30. The fraction of sp³-hybridized carbons (Fsp3) is 0.368. The summed E-state index contributed by atoms with van der Waals surface area (Å²) in [6.07, 6.45) is 6.19. The van der Waals surface area contributed by atoms with E-state index in [9.17, 15) is 9.59 Å². The van der Waals surface area contributed by atoms with Gasteiger partial charge in [-0.2, -0.15) is 0 Å². The first-order chi connectivity index (χ1) is 11.1. The monoisotopic (exact) mass is 310 g/mol. The average molecular weight is 310 g/mol. The first-order valence-electron chi connectivity index (χ1n) is 8.11. The minimum atomic E-state index is -0.176. The van der Waals surface area contributed by atoms with Crippen LogP contribution in [0, 0.1) is 0 Å². The highest BCUT2D eigenvalue weighted by Crippen LogP contribution is 2.40. The number of aromatic nitrogens is 1. The Balaban J connectivity index is 1.76. The van der Waals surface area contributed by atoms with E-state index in [1.807, 2.05) is 6.07 Å². The third-order valence-corrected chi connectivity index (χ3v) is 4.90. The van der Waals surface area contributed by atoms with E-state index in [0.717, 1.165) is 12.8 Å². The highest BCUT2D eigenvalue weighted by Gasteiger charge is 2.35. The average Bonchev–Trinajstić information content (AvgIpc) is 3.06. The molecule has 1 aromatic heterocycles. The van der Waals surface area contributed by atoms with Gasteiger partial charge >= 0.3 is 0 Å². The highest BCUT2D eigenvalue weighted by molar-refractivity contribution is 5.94. The van der Waals surface area contributed by atoms with Crippen molar-refractivity contribution in [3.63, 3.8) is 0 Å². The molecule has 3 rings (SSSR count). The Hall–Kier alpha value is -2.36. The molecule has 0 bridgehead atoms. The Morgan fingerprint density at radius 3 is 2.52 bits per heavy atom. The Labute approximate surface area is 136 Å². The lowest BCUT2D eigenvalue weighted by molar-refractivity contribution is 0.0943. The summed E-state index contributed by atoms with van der Waals surface area (Å²) in [5.41, 5.74) is 1.57. The smallest absolute Gasteiger partial charge is 0.251 e. The quantitative estimate of drug-likeness (QED) is 0.944. The van der Waals surface area contributed by atoms with Gasteiger partial charge in [-0.15, -0.1) is 0 Å². The summed E-state index contributed by atoms with van der Waals surface area (Å²) in [5, 5.41) is 3.04. The summed E-state index contributed by atoms with van der Waals surface area (Å²) in [6, 6.07) is 13.5. The highest BCUT2D eigenvalue weighted by atomic mass is 16.2. The van der Waals surface area contributed by atoms with Gasteiger partial charge in [0.1, 0.15) is 0 Å². The van der Waals surface area contributed by atoms with Crippen LogP contribution in [-0.4, -0.2) is 17.0 Å². The van der Waals surface area contributed by atoms with Crippen LogP contribution in [0.5, 0.6) is 0 Å². The van der Waals surface area contributed by atoms with Crippen molar-refractivity contribution in [2.45, 2.75) is 31.1 Å². The zero-order chi connectivity index (χ0) is 16.3. The SMILES string of the molecule is Cn1ccc(C(=O)NCC2(c3ccccc3)CCCC2)cc1=O. The Morgan fingerprint density at radius 1 is 1.17 bits per heavy atom. The molecule has 1 fully saturated rings. The molecule has 1 saturated carbocycles. The van der Waals surface area contributed by atoms with Crippen molar-refractivity contribution < 1.29 is 4.79 Å². The second-order valence-corrected chi connectivity index (χ2v) is 6.40. The number of hydrogen-bond acceptors (Lipinski definition) is 2. The van der Waals surface area contributed by atoms with E-state index in [0.29, 0.717) is 12.1 Å². The van der Waals surface area contributed by atoms with Gasteiger partial charge < -0.3 is 9.88 Å². The van der Waals surface area contributed by atoms with Crippen LogP contribution in [0.2, 0.25) is 0 Å². The van der Waals surface area contributed by atoms with Crippen molar-refractivity contribution in [1.29, 1.82) is 0 Å². The fourth-order valence-electron chi connectivity index (χ4n) is 3.45. The zero-order valence-corrected chi connectivity index (χ0v) is 13.4. The van der Waals surface area contributed by atoms with Gasteiger partial charge in [-0.1, -0.05) is 43.2 Å². The number of pyridine rings is 1. The van der Waals surface area contributed by atoms with Gasteiger partial charge in [0.25, 0.3) is 11.5 Å². The number of hydrogen-bond donors (Lipinski definition) is 1. The summed E-state index contributed by atoms with van der Waals surface area (Å²) in [5.74, 6) is -0.176. The lowest BCUT2D eigenvalue weighted by atomic mass is 9.79. The maximum Gasteiger partial charge on any atom is 0.251 e. The molecule has 120 valence electrons. The molecule has 23 heavy (non-hydrogen) atoms. The first kappa shape index (κ1) is 15.5. The zero-order valence-electron chi connectivity index (χ0n) is 13.4. The maximum absolute atomic E-state index is 12.4. The molecule has 0 unspecified atom stereocenters. The van der Waals surface area contributed by atoms with Crippen LogP contribution < -0.4 is 10.9 Å². The van der Waals surface area contributed by atoms with Crippen LogP contribution >= 0.6 is 0 Å². The van der Waals surface area contributed by atoms with E-state index in [1.165, 1.54) is 29.0 Å². The topological polar surface area (TPSA) is 51.1 Å². The molecule has 0 aliphatic heterocycles. The summed E-state index contributed by atoms with van der Waals surface area (Å²) < 4.78 is 1.46. The van der Waals surface area contributed by atoms with Gasteiger partial charge in [-0.05, 0) is 24.5 Å². The first-order valence-corrected chi connectivity index (χ1v) is 8.11. The lowest BCUT2D eigenvalue weighted by Crippen LogP contribution is -2.39. The number of carbonyl (C=O) groups is 1. The normalized spacial score (nSPS) is 16.2. The summed E-state index contributed by atoms with van der Waals surface area (Å²) in [4.78, 5) is 24.1. The fourth-order valence-corrected chi connectivity index (χ4v) is 3.45. The number of amides is 1. The van der Waals surface area contributed by atoms with Crippen molar-refractivity contribution in [3.05, 3.63) is 70.1 Å². The molecule has 1 N–H and O–H groups in total. The second kappa shape index (κ2) is 6.41. The number of carbonyl (C=O) groups excluding carboxylic acids is 1. The van der Waals surface area contributed by atoms with Crippen molar-refractivity contribution in [1.82, 2.24) is 9.88 Å². The predicted octanol–water partition coefficient (Wildman–Crippen LogP) is 2.63. The van der Waals surface area contributed by atoms with Crippen LogP contribution in [0.25, 0.3) is 0 Å². The summed E-state index contributed by atoms with van der Waals surface area (Å²) >= 11 is 0. The molecule has 1 aliphatic rings. The minimum Gasteiger partial charge on any atom is -0.351 e. The minimum absolute atomic E-state index is 0.0245. The van der Waals surface area contributed by atoms with E-state index in [2.05, 4.69) is 29.6 Å². The van der Waals surface area contributed by atoms with E-state index >= 15 is 0 Å². The molecule has 0 spiro atoms. The Kier molecular flexibility index (Phi) is 4.33. The van der Waals surface area contributed by atoms with Crippen molar-refractivity contribution in [2.75, 3.05) is 6.54 Å². The third kappa shape index (κ3) is 3.21. The molecule has 1 heterocycles. The van der Waals surface area contributed by atoms with Crippen LogP contribution in [0.3, 0.4) is 0 Å². The molecule has 1 aliphatic carbocycles. The summed E-state index contributed by atoms with van der Waals surface area (Å²) in [7, 11) is 1.67. The van der Waals surface area contributed by atoms with E-state index in [1.54, 1.807) is 19.3 Å². The Morgan fingerprint density at radius 2 is 1.87 bits per heavy atom. The van der Waals surface area contributed by atoms with Crippen LogP contribution in [-0.2, 0) is 12.5 Å². The van der Waals surface area contributed by atoms with Gasteiger partial charge in [0.2, 0.25) is 0 Å². The van der Waals surface area contributed by atoms with Crippen LogP contribution in [0.15, 0.2) is 53.5 Å². The number of nitrogens with zero attached hydrogens (tertiary/aromatic N) is 1. The van der Waals surface area contributed by atoms with Gasteiger partial charge in [-0.25, -0.2) is 0 Å². The van der Waals surface area contributed by atoms with E-state index in [-0.39, 0.29) is 16.9 Å². The van der Waals surface area contributed by atoms with Crippen LogP contribution in [0.4, 0.5) is 0 Å². The molecular weight excluding hydrogens is 288 g/mol. The molecule has 0 atom stereocenters. The number of nitrogens with one attached hydrogen (secondary N) is 1. The maximum atomic E-state index is 12.4.